The van der Waals surface area contributed by atoms with Crippen molar-refractivity contribution in [3.8, 4) is 11.1 Å². The molecule has 1 aliphatic heterocycles. The van der Waals surface area contributed by atoms with Crippen molar-refractivity contribution in [3.63, 3.8) is 0 Å². The summed E-state index contributed by atoms with van der Waals surface area (Å²) in [5, 5.41) is 9.30. The second-order valence-corrected chi connectivity index (χ2v) is 5.85. The van der Waals surface area contributed by atoms with E-state index in [1.54, 1.807) is 0 Å². The van der Waals surface area contributed by atoms with Crippen LogP contribution >= 0.6 is 0 Å². The number of aromatic amines is 1. The van der Waals surface area contributed by atoms with Crippen LogP contribution < -0.4 is 0 Å². The van der Waals surface area contributed by atoms with Crippen LogP contribution in [0.4, 0.5) is 4.79 Å². The zero-order valence-electron chi connectivity index (χ0n) is 12.6. The maximum Gasteiger partial charge on any atom is 0.407 e. The highest BCUT2D eigenvalue weighted by atomic mass is 16.4. The smallest absolute Gasteiger partial charge is 0.407 e. The summed E-state index contributed by atoms with van der Waals surface area (Å²) < 4.78 is 0. The third-order valence-electron chi connectivity index (χ3n) is 4.42. The summed E-state index contributed by atoms with van der Waals surface area (Å²) in [5.41, 5.74) is 4.09. The van der Waals surface area contributed by atoms with Gasteiger partial charge in [0.15, 0.2) is 0 Å². The molecular formula is C18H17N3O2. The molecule has 0 radical (unpaired) electrons. The quantitative estimate of drug-likeness (QED) is 0.750. The summed E-state index contributed by atoms with van der Waals surface area (Å²) in [6.45, 7) is 0.576. The van der Waals surface area contributed by atoms with Gasteiger partial charge in [0.25, 0.3) is 0 Å². The van der Waals surface area contributed by atoms with Gasteiger partial charge in [-0.25, -0.2) is 9.78 Å². The molecule has 1 unspecified atom stereocenters. The van der Waals surface area contributed by atoms with Crippen molar-refractivity contribution < 1.29 is 9.90 Å². The molecule has 1 aromatic heterocycles. The van der Waals surface area contributed by atoms with Crippen molar-refractivity contribution >= 4 is 17.1 Å². The lowest BCUT2D eigenvalue weighted by Crippen LogP contribution is -2.29. The first-order valence-corrected chi connectivity index (χ1v) is 7.77. The minimum atomic E-state index is -0.877. The number of benzene rings is 2. The molecule has 0 aliphatic carbocycles. The predicted octanol–water partition coefficient (Wildman–Crippen LogP) is 4.04. The monoisotopic (exact) mass is 307 g/mol. The van der Waals surface area contributed by atoms with Crippen LogP contribution in [0.2, 0.25) is 0 Å². The van der Waals surface area contributed by atoms with E-state index in [9.17, 15) is 9.90 Å². The van der Waals surface area contributed by atoms with E-state index in [-0.39, 0.29) is 6.04 Å². The van der Waals surface area contributed by atoms with E-state index in [0.29, 0.717) is 6.54 Å². The van der Waals surface area contributed by atoms with Crippen molar-refractivity contribution in [2.45, 2.75) is 18.9 Å². The zero-order chi connectivity index (χ0) is 15.8. The average molecular weight is 307 g/mol. The van der Waals surface area contributed by atoms with Crippen LogP contribution in [-0.2, 0) is 0 Å². The third kappa shape index (κ3) is 2.44. The van der Waals surface area contributed by atoms with Crippen molar-refractivity contribution in [3.05, 3.63) is 54.4 Å². The number of rotatable bonds is 2. The van der Waals surface area contributed by atoms with E-state index in [2.05, 4.69) is 28.2 Å². The van der Waals surface area contributed by atoms with Crippen LogP contribution in [0, 0.1) is 0 Å². The van der Waals surface area contributed by atoms with Gasteiger partial charge in [0.1, 0.15) is 5.82 Å². The molecule has 23 heavy (non-hydrogen) atoms. The molecular weight excluding hydrogens is 290 g/mol. The number of carboxylic acid groups (broad SMARTS) is 1. The highest BCUT2D eigenvalue weighted by molar-refractivity contribution is 5.82. The molecule has 4 rings (SSSR count). The maximum atomic E-state index is 11.3. The van der Waals surface area contributed by atoms with Gasteiger partial charge >= 0.3 is 6.09 Å². The number of H-pyrrole nitrogens is 1. The van der Waals surface area contributed by atoms with Crippen LogP contribution in [0.3, 0.4) is 0 Å². The average Bonchev–Trinajstić information content (AvgIpc) is 3.21. The number of nitrogens with zero attached hydrogens (tertiary/aromatic N) is 2. The molecule has 2 heterocycles. The summed E-state index contributed by atoms with van der Waals surface area (Å²) in [6, 6.07) is 16.1. The van der Waals surface area contributed by atoms with Gasteiger partial charge in [-0.3, -0.25) is 4.90 Å². The van der Waals surface area contributed by atoms with Crippen LogP contribution in [0.25, 0.3) is 22.2 Å². The minimum Gasteiger partial charge on any atom is -0.465 e. The molecule has 3 aromatic rings. The lowest BCUT2D eigenvalue weighted by atomic mass is 10.1. The Balaban J connectivity index is 1.72. The normalized spacial score (nSPS) is 17.7. The summed E-state index contributed by atoms with van der Waals surface area (Å²) in [4.78, 5) is 20.7. The fourth-order valence-corrected chi connectivity index (χ4v) is 3.28. The summed E-state index contributed by atoms with van der Waals surface area (Å²) in [5.74, 6) is 0.741. The molecule has 1 amide bonds. The van der Waals surface area contributed by atoms with Crippen LogP contribution in [0.1, 0.15) is 24.7 Å². The van der Waals surface area contributed by atoms with E-state index in [1.165, 1.54) is 4.90 Å². The van der Waals surface area contributed by atoms with Gasteiger partial charge in [0, 0.05) is 6.54 Å². The predicted molar refractivity (Wildman–Crippen MR) is 88.2 cm³/mol. The molecule has 116 valence electrons. The topological polar surface area (TPSA) is 69.2 Å². The van der Waals surface area contributed by atoms with Gasteiger partial charge in [-0.15, -0.1) is 0 Å². The number of hydrogen-bond acceptors (Lipinski definition) is 2. The Morgan fingerprint density at radius 3 is 2.78 bits per heavy atom. The Labute approximate surface area is 133 Å². The highest BCUT2D eigenvalue weighted by Crippen LogP contribution is 2.32. The largest absolute Gasteiger partial charge is 0.465 e. The highest BCUT2D eigenvalue weighted by Gasteiger charge is 2.31. The van der Waals surface area contributed by atoms with E-state index in [0.717, 1.165) is 40.8 Å². The molecule has 0 bridgehead atoms. The Bertz CT molecular complexity index is 857. The molecule has 1 saturated heterocycles. The number of likely N-dealkylation sites (tertiary alicyclic amines) is 1. The third-order valence-corrected chi connectivity index (χ3v) is 4.42. The zero-order valence-corrected chi connectivity index (χ0v) is 12.6. The molecule has 5 heteroatoms. The summed E-state index contributed by atoms with van der Waals surface area (Å²) in [6.07, 6.45) is 0.818. The lowest BCUT2D eigenvalue weighted by molar-refractivity contribution is 0.139. The number of fused-ring (bicyclic) bond motifs is 1. The number of hydrogen-bond donors (Lipinski definition) is 2. The van der Waals surface area contributed by atoms with Crippen molar-refractivity contribution in [2.24, 2.45) is 0 Å². The first-order chi connectivity index (χ1) is 11.2. The Kier molecular flexibility index (Phi) is 3.26. The van der Waals surface area contributed by atoms with Crippen molar-refractivity contribution in [1.29, 1.82) is 0 Å². The molecule has 5 nitrogen and oxygen atoms in total. The van der Waals surface area contributed by atoms with Crippen LogP contribution in [0.15, 0.2) is 48.5 Å². The molecule has 0 saturated carbocycles. The van der Waals surface area contributed by atoms with E-state index >= 15 is 0 Å². The molecule has 1 aliphatic rings. The summed E-state index contributed by atoms with van der Waals surface area (Å²) >= 11 is 0. The Morgan fingerprint density at radius 1 is 1.17 bits per heavy atom. The van der Waals surface area contributed by atoms with E-state index in [1.807, 2.05) is 30.3 Å². The van der Waals surface area contributed by atoms with Gasteiger partial charge in [-0.1, -0.05) is 36.4 Å². The second kappa shape index (κ2) is 5.43. The molecule has 1 fully saturated rings. The van der Waals surface area contributed by atoms with Crippen LogP contribution in [0.5, 0.6) is 0 Å². The number of carbonyl (C=O) groups is 1. The minimum absolute atomic E-state index is 0.167. The van der Waals surface area contributed by atoms with E-state index < -0.39 is 6.09 Å². The molecule has 2 N–H and O–H groups in total. The Hall–Kier alpha value is -2.82. The number of aromatic nitrogens is 2. The number of amides is 1. The van der Waals surface area contributed by atoms with Gasteiger partial charge in [-0.2, -0.15) is 0 Å². The first-order valence-electron chi connectivity index (χ1n) is 7.77. The fourth-order valence-electron chi connectivity index (χ4n) is 3.28. The molecule has 0 spiro atoms. The number of imidazole rings is 1. The van der Waals surface area contributed by atoms with Gasteiger partial charge < -0.3 is 10.1 Å². The standard InChI is InChI=1S/C18H17N3O2/c22-18(23)21-10-4-7-16(21)17-19-14-9-8-13(11-15(14)20-17)12-5-2-1-3-6-12/h1-3,5-6,8-9,11,16H,4,7,10H2,(H,19,20)(H,22,23). The number of nitrogens with one attached hydrogen (secondary N) is 1. The van der Waals surface area contributed by atoms with Crippen molar-refractivity contribution in [1.82, 2.24) is 14.9 Å². The first kappa shape index (κ1) is 13.8. The molecule has 2 aromatic carbocycles. The lowest BCUT2D eigenvalue weighted by Gasteiger charge is -2.19. The SMILES string of the molecule is O=C(O)N1CCCC1c1nc2ccc(-c3ccccc3)cc2[nH]1. The van der Waals surface area contributed by atoms with Gasteiger partial charge in [0.2, 0.25) is 0 Å². The van der Waals surface area contributed by atoms with Crippen molar-refractivity contribution in [2.75, 3.05) is 6.54 Å². The van der Waals surface area contributed by atoms with Crippen LogP contribution in [-0.4, -0.2) is 32.6 Å². The molecule has 1 atom stereocenters. The fraction of sp³-hybridized carbons (Fsp3) is 0.222. The summed E-state index contributed by atoms with van der Waals surface area (Å²) in [7, 11) is 0. The second-order valence-electron chi connectivity index (χ2n) is 5.85. The van der Waals surface area contributed by atoms with E-state index in [4.69, 9.17) is 0 Å². The Morgan fingerprint density at radius 2 is 2.00 bits per heavy atom. The van der Waals surface area contributed by atoms with Gasteiger partial charge in [-0.05, 0) is 36.1 Å². The maximum absolute atomic E-state index is 11.3. The van der Waals surface area contributed by atoms with Gasteiger partial charge in [0.05, 0.1) is 17.1 Å².